The number of carbonyl (C=O) groups excluding carboxylic acids is 1. The van der Waals surface area contributed by atoms with Gasteiger partial charge >= 0.3 is 11.9 Å². The third-order valence-corrected chi connectivity index (χ3v) is 3.26. The van der Waals surface area contributed by atoms with E-state index in [1.54, 1.807) is 0 Å². The quantitative estimate of drug-likeness (QED) is 0.719. The minimum atomic E-state index is -0.571. The number of methoxy groups -OCH3 is 1. The van der Waals surface area contributed by atoms with Crippen LogP contribution in [-0.2, 0) is 10.2 Å². The number of esters is 1. The van der Waals surface area contributed by atoms with Crippen molar-refractivity contribution in [3.63, 3.8) is 0 Å². The Balaban J connectivity index is 2.20. The van der Waals surface area contributed by atoms with Crippen molar-refractivity contribution in [2.75, 3.05) is 7.11 Å². The van der Waals surface area contributed by atoms with Gasteiger partial charge in [-0.25, -0.2) is 4.79 Å². The molecule has 5 nitrogen and oxygen atoms in total. The highest BCUT2D eigenvalue weighted by Gasteiger charge is 2.34. The molecule has 16 heavy (non-hydrogen) atoms. The number of nitrogens with zero attached hydrogens (tertiary/aromatic N) is 2. The predicted octanol–water partition coefficient (Wildman–Crippen LogP) is 2.08. The lowest BCUT2D eigenvalue weighted by atomic mass is 9.76. The van der Waals surface area contributed by atoms with E-state index in [-0.39, 0.29) is 11.3 Å². The minimum absolute atomic E-state index is 0.0516. The molecule has 1 aliphatic carbocycles. The van der Waals surface area contributed by atoms with Crippen LogP contribution >= 0.6 is 0 Å². The Bertz CT molecular complexity index is 380. The SMILES string of the molecule is COC(=O)c1nnc(C2(C)CCCCC2)o1. The minimum Gasteiger partial charge on any atom is -0.462 e. The van der Waals surface area contributed by atoms with Crippen LogP contribution in [0.4, 0.5) is 0 Å². The highest BCUT2D eigenvalue weighted by molar-refractivity contribution is 5.83. The van der Waals surface area contributed by atoms with E-state index in [0.717, 1.165) is 12.8 Å². The monoisotopic (exact) mass is 224 g/mol. The lowest BCUT2D eigenvalue weighted by Gasteiger charge is -2.29. The molecule has 1 heterocycles. The number of aromatic nitrogens is 2. The Morgan fingerprint density at radius 3 is 2.62 bits per heavy atom. The number of carbonyl (C=O) groups is 1. The molecule has 0 N–H and O–H groups in total. The highest BCUT2D eigenvalue weighted by atomic mass is 16.5. The second kappa shape index (κ2) is 4.23. The van der Waals surface area contributed by atoms with E-state index in [9.17, 15) is 4.79 Å². The zero-order valence-electron chi connectivity index (χ0n) is 9.65. The van der Waals surface area contributed by atoms with Crippen molar-refractivity contribution in [3.05, 3.63) is 11.8 Å². The lowest BCUT2D eigenvalue weighted by molar-refractivity contribution is 0.0550. The normalized spacial score (nSPS) is 19.4. The molecule has 88 valence electrons. The van der Waals surface area contributed by atoms with E-state index in [2.05, 4.69) is 21.9 Å². The molecule has 0 atom stereocenters. The summed E-state index contributed by atoms with van der Waals surface area (Å²) in [6.45, 7) is 2.11. The molecule has 1 aliphatic rings. The molecule has 0 aliphatic heterocycles. The number of rotatable bonds is 2. The van der Waals surface area contributed by atoms with E-state index < -0.39 is 5.97 Å². The zero-order chi connectivity index (χ0) is 11.6. The fourth-order valence-corrected chi connectivity index (χ4v) is 2.18. The molecule has 0 saturated heterocycles. The van der Waals surface area contributed by atoms with E-state index in [0.29, 0.717) is 5.89 Å². The summed E-state index contributed by atoms with van der Waals surface area (Å²) in [6.07, 6.45) is 5.68. The van der Waals surface area contributed by atoms with Crippen molar-refractivity contribution in [2.45, 2.75) is 44.4 Å². The molecular weight excluding hydrogens is 208 g/mol. The van der Waals surface area contributed by atoms with Crippen molar-refractivity contribution in [2.24, 2.45) is 0 Å². The first-order chi connectivity index (χ1) is 7.65. The van der Waals surface area contributed by atoms with Gasteiger partial charge in [-0.1, -0.05) is 26.2 Å². The maximum atomic E-state index is 11.2. The molecule has 0 aromatic carbocycles. The Kier molecular flexibility index (Phi) is 2.94. The zero-order valence-corrected chi connectivity index (χ0v) is 9.65. The van der Waals surface area contributed by atoms with Gasteiger partial charge in [-0.2, -0.15) is 0 Å². The smallest absolute Gasteiger partial charge is 0.396 e. The van der Waals surface area contributed by atoms with Crippen LogP contribution in [0, 0.1) is 0 Å². The third kappa shape index (κ3) is 1.94. The molecule has 1 saturated carbocycles. The summed E-state index contributed by atoms with van der Waals surface area (Å²) >= 11 is 0. The van der Waals surface area contributed by atoms with Crippen LogP contribution in [0.3, 0.4) is 0 Å². The predicted molar refractivity (Wildman–Crippen MR) is 56.1 cm³/mol. The summed E-state index contributed by atoms with van der Waals surface area (Å²) in [4.78, 5) is 11.2. The standard InChI is InChI=1S/C11H16N2O3/c1-11(6-4-3-5-7-11)10-13-12-8(16-10)9(14)15-2/h3-7H2,1-2H3. The van der Waals surface area contributed by atoms with Gasteiger partial charge in [-0.3, -0.25) is 0 Å². The summed E-state index contributed by atoms with van der Waals surface area (Å²) in [7, 11) is 1.30. The van der Waals surface area contributed by atoms with Crippen molar-refractivity contribution < 1.29 is 13.9 Å². The maximum Gasteiger partial charge on any atom is 0.396 e. The molecule has 0 radical (unpaired) electrons. The second-order valence-corrected chi connectivity index (χ2v) is 4.53. The Morgan fingerprint density at radius 2 is 2.00 bits per heavy atom. The van der Waals surface area contributed by atoms with Gasteiger partial charge in [0.2, 0.25) is 5.89 Å². The van der Waals surface area contributed by atoms with Gasteiger partial charge in [0.15, 0.2) is 0 Å². The van der Waals surface area contributed by atoms with Crippen LogP contribution in [0.5, 0.6) is 0 Å². The van der Waals surface area contributed by atoms with Gasteiger partial charge in [0.05, 0.1) is 7.11 Å². The number of hydrogen-bond donors (Lipinski definition) is 0. The topological polar surface area (TPSA) is 65.2 Å². The van der Waals surface area contributed by atoms with E-state index in [1.165, 1.54) is 26.4 Å². The number of hydrogen-bond acceptors (Lipinski definition) is 5. The molecule has 5 heteroatoms. The van der Waals surface area contributed by atoms with Crippen LogP contribution in [0.1, 0.15) is 55.6 Å². The molecule has 1 aromatic heterocycles. The molecule has 0 unspecified atom stereocenters. The van der Waals surface area contributed by atoms with Gasteiger partial charge in [-0.15, -0.1) is 10.2 Å². The first-order valence-electron chi connectivity index (χ1n) is 5.58. The molecule has 0 amide bonds. The van der Waals surface area contributed by atoms with Crippen LogP contribution in [0.25, 0.3) is 0 Å². The first-order valence-corrected chi connectivity index (χ1v) is 5.58. The summed E-state index contributed by atoms with van der Waals surface area (Å²) in [6, 6.07) is 0. The summed E-state index contributed by atoms with van der Waals surface area (Å²) in [5.74, 6) is -0.0601. The average molecular weight is 224 g/mol. The van der Waals surface area contributed by atoms with Crippen LogP contribution in [0.15, 0.2) is 4.42 Å². The van der Waals surface area contributed by atoms with Crippen LogP contribution in [-0.4, -0.2) is 23.3 Å². The Labute approximate surface area is 94.2 Å². The molecule has 1 aromatic rings. The highest BCUT2D eigenvalue weighted by Crippen LogP contribution is 2.38. The Hall–Kier alpha value is -1.39. The van der Waals surface area contributed by atoms with Gasteiger partial charge < -0.3 is 9.15 Å². The summed E-state index contributed by atoms with van der Waals surface area (Å²) < 4.78 is 9.92. The lowest BCUT2D eigenvalue weighted by Crippen LogP contribution is -2.25. The average Bonchev–Trinajstić information content (AvgIpc) is 2.79. The number of ether oxygens (including phenoxy) is 1. The fraction of sp³-hybridized carbons (Fsp3) is 0.727. The van der Waals surface area contributed by atoms with E-state index in [4.69, 9.17) is 4.42 Å². The van der Waals surface area contributed by atoms with Crippen molar-refractivity contribution in [1.82, 2.24) is 10.2 Å². The van der Waals surface area contributed by atoms with Crippen molar-refractivity contribution in [3.8, 4) is 0 Å². The fourth-order valence-electron chi connectivity index (χ4n) is 2.18. The largest absolute Gasteiger partial charge is 0.462 e. The van der Waals surface area contributed by atoms with Gasteiger partial charge in [0.25, 0.3) is 0 Å². The van der Waals surface area contributed by atoms with E-state index in [1.807, 2.05) is 0 Å². The molecular formula is C11H16N2O3. The second-order valence-electron chi connectivity index (χ2n) is 4.53. The Morgan fingerprint density at radius 1 is 1.31 bits per heavy atom. The summed E-state index contributed by atoms with van der Waals surface area (Å²) in [5, 5.41) is 7.68. The van der Waals surface area contributed by atoms with Crippen LogP contribution in [0.2, 0.25) is 0 Å². The summed E-state index contributed by atoms with van der Waals surface area (Å²) in [5.41, 5.74) is -0.0719. The molecule has 1 fully saturated rings. The van der Waals surface area contributed by atoms with Gasteiger partial charge in [0, 0.05) is 5.41 Å². The van der Waals surface area contributed by atoms with Crippen molar-refractivity contribution >= 4 is 5.97 Å². The molecule has 2 rings (SSSR count). The van der Waals surface area contributed by atoms with Crippen molar-refractivity contribution in [1.29, 1.82) is 0 Å². The molecule has 0 spiro atoms. The van der Waals surface area contributed by atoms with E-state index >= 15 is 0 Å². The van der Waals surface area contributed by atoms with Crippen LogP contribution < -0.4 is 0 Å². The molecule has 0 bridgehead atoms. The van der Waals surface area contributed by atoms with Gasteiger partial charge in [-0.05, 0) is 12.8 Å². The third-order valence-electron chi connectivity index (χ3n) is 3.26. The maximum absolute atomic E-state index is 11.2. The van der Waals surface area contributed by atoms with Gasteiger partial charge in [0.1, 0.15) is 0 Å². The first kappa shape index (κ1) is 11.1.